The number of hydrogen-bond acceptors (Lipinski definition) is 5. The van der Waals surface area contributed by atoms with Crippen molar-refractivity contribution in [3.8, 4) is 0 Å². The molecule has 0 radical (unpaired) electrons. The van der Waals surface area contributed by atoms with Gasteiger partial charge in [0.05, 0.1) is 6.04 Å². The summed E-state index contributed by atoms with van der Waals surface area (Å²) in [6.45, 7) is 1.63. The van der Waals surface area contributed by atoms with Crippen LogP contribution in [0.25, 0.3) is 11.2 Å². The predicted octanol–water partition coefficient (Wildman–Crippen LogP) is 0.555. The van der Waals surface area contributed by atoms with Gasteiger partial charge in [-0.05, 0) is 19.1 Å². The average Bonchev–Trinajstić information content (AvgIpc) is 2.27. The standard InChI is InChI=1S/C10H10N4O/c1-6(11)9(15)7-2-3-8-10(14-7)13-5-4-12-8/h2-6H,11H2,1H3. The molecule has 0 fully saturated rings. The molecule has 0 aromatic carbocycles. The van der Waals surface area contributed by atoms with Crippen LogP contribution >= 0.6 is 0 Å². The van der Waals surface area contributed by atoms with Crippen molar-refractivity contribution < 1.29 is 4.79 Å². The zero-order chi connectivity index (χ0) is 10.8. The van der Waals surface area contributed by atoms with Crippen molar-refractivity contribution in [1.29, 1.82) is 0 Å². The summed E-state index contributed by atoms with van der Waals surface area (Å²) in [5, 5.41) is 0. The maximum absolute atomic E-state index is 11.6. The van der Waals surface area contributed by atoms with Gasteiger partial charge < -0.3 is 5.73 Å². The molecule has 2 rings (SSSR count). The Labute approximate surface area is 86.4 Å². The number of carbonyl (C=O) groups excluding carboxylic acids is 1. The topological polar surface area (TPSA) is 81.8 Å². The SMILES string of the molecule is CC(N)C(=O)c1ccc2nccnc2n1. The van der Waals surface area contributed by atoms with Gasteiger partial charge in [-0.25, -0.2) is 9.97 Å². The normalized spacial score (nSPS) is 12.7. The number of nitrogens with two attached hydrogens (primary N) is 1. The van der Waals surface area contributed by atoms with Crippen LogP contribution in [-0.2, 0) is 0 Å². The monoisotopic (exact) mass is 202 g/mol. The Balaban J connectivity index is 2.52. The maximum Gasteiger partial charge on any atom is 0.197 e. The summed E-state index contributed by atoms with van der Waals surface area (Å²) in [5.74, 6) is -0.192. The summed E-state index contributed by atoms with van der Waals surface area (Å²) in [4.78, 5) is 23.7. The zero-order valence-corrected chi connectivity index (χ0v) is 8.21. The molecule has 0 saturated carbocycles. The molecule has 2 aromatic heterocycles. The predicted molar refractivity (Wildman–Crippen MR) is 55.3 cm³/mol. The second-order valence-corrected chi connectivity index (χ2v) is 3.25. The Morgan fingerprint density at radius 1 is 1.33 bits per heavy atom. The maximum atomic E-state index is 11.6. The molecule has 15 heavy (non-hydrogen) atoms. The molecule has 0 aliphatic rings. The number of carbonyl (C=O) groups is 1. The van der Waals surface area contributed by atoms with Gasteiger partial charge in [0, 0.05) is 12.4 Å². The van der Waals surface area contributed by atoms with Crippen LogP contribution in [0.3, 0.4) is 0 Å². The first-order chi connectivity index (χ1) is 7.18. The van der Waals surface area contributed by atoms with E-state index in [0.29, 0.717) is 16.9 Å². The van der Waals surface area contributed by atoms with Gasteiger partial charge in [0.25, 0.3) is 0 Å². The highest BCUT2D eigenvalue weighted by atomic mass is 16.1. The minimum atomic E-state index is -0.549. The Hall–Kier alpha value is -1.88. The molecular formula is C10H10N4O. The van der Waals surface area contributed by atoms with Gasteiger partial charge in [-0.3, -0.25) is 9.78 Å². The second kappa shape index (κ2) is 3.70. The van der Waals surface area contributed by atoms with E-state index in [1.54, 1.807) is 25.3 Å². The van der Waals surface area contributed by atoms with Crippen LogP contribution in [0.1, 0.15) is 17.4 Å². The van der Waals surface area contributed by atoms with E-state index >= 15 is 0 Å². The summed E-state index contributed by atoms with van der Waals surface area (Å²) >= 11 is 0. The van der Waals surface area contributed by atoms with Crippen molar-refractivity contribution >= 4 is 16.9 Å². The van der Waals surface area contributed by atoms with Crippen molar-refractivity contribution in [1.82, 2.24) is 15.0 Å². The molecule has 0 amide bonds. The first kappa shape index (κ1) is 9.67. The van der Waals surface area contributed by atoms with Gasteiger partial charge in [0.15, 0.2) is 11.4 Å². The van der Waals surface area contributed by atoms with E-state index in [1.807, 2.05) is 0 Å². The van der Waals surface area contributed by atoms with Crippen LogP contribution in [-0.4, -0.2) is 26.8 Å². The molecule has 0 spiro atoms. The molecule has 2 heterocycles. The molecule has 0 aliphatic heterocycles. The molecule has 0 aliphatic carbocycles. The van der Waals surface area contributed by atoms with Crippen molar-refractivity contribution in [2.45, 2.75) is 13.0 Å². The smallest absolute Gasteiger partial charge is 0.197 e. The number of fused-ring (bicyclic) bond motifs is 1. The van der Waals surface area contributed by atoms with Crippen LogP contribution < -0.4 is 5.73 Å². The number of ketones is 1. The summed E-state index contributed by atoms with van der Waals surface area (Å²) in [5.41, 5.74) is 6.95. The zero-order valence-electron chi connectivity index (χ0n) is 8.21. The summed E-state index contributed by atoms with van der Waals surface area (Å²) in [6.07, 6.45) is 3.12. The van der Waals surface area contributed by atoms with Gasteiger partial charge in [-0.1, -0.05) is 0 Å². The first-order valence-electron chi connectivity index (χ1n) is 4.56. The number of nitrogens with zero attached hydrogens (tertiary/aromatic N) is 3. The van der Waals surface area contributed by atoms with Crippen LogP contribution in [0, 0.1) is 0 Å². The fourth-order valence-electron chi connectivity index (χ4n) is 1.22. The molecule has 76 valence electrons. The fraction of sp³-hybridized carbons (Fsp3) is 0.200. The molecule has 2 N–H and O–H groups in total. The number of aromatic nitrogens is 3. The van der Waals surface area contributed by atoms with Crippen LogP contribution in [0.2, 0.25) is 0 Å². The molecular weight excluding hydrogens is 192 g/mol. The van der Waals surface area contributed by atoms with Crippen molar-refractivity contribution in [3.63, 3.8) is 0 Å². The Morgan fingerprint density at radius 3 is 2.80 bits per heavy atom. The minimum Gasteiger partial charge on any atom is -0.321 e. The van der Waals surface area contributed by atoms with E-state index in [9.17, 15) is 4.79 Å². The van der Waals surface area contributed by atoms with Crippen LogP contribution in [0.15, 0.2) is 24.5 Å². The Kier molecular flexibility index (Phi) is 2.39. The largest absolute Gasteiger partial charge is 0.321 e. The summed E-state index contributed by atoms with van der Waals surface area (Å²) < 4.78 is 0. The van der Waals surface area contributed by atoms with E-state index in [-0.39, 0.29) is 5.78 Å². The molecule has 5 nitrogen and oxygen atoms in total. The highest BCUT2D eigenvalue weighted by Crippen LogP contribution is 2.07. The lowest BCUT2D eigenvalue weighted by Crippen LogP contribution is -2.27. The third-order valence-electron chi connectivity index (χ3n) is 2.00. The van der Waals surface area contributed by atoms with Gasteiger partial charge in [-0.2, -0.15) is 0 Å². The minimum absolute atomic E-state index is 0.192. The molecule has 1 unspecified atom stereocenters. The number of rotatable bonds is 2. The lowest BCUT2D eigenvalue weighted by molar-refractivity contribution is 0.0963. The lowest BCUT2D eigenvalue weighted by Gasteiger charge is -2.03. The number of hydrogen-bond donors (Lipinski definition) is 1. The van der Waals surface area contributed by atoms with Crippen molar-refractivity contribution in [2.24, 2.45) is 5.73 Å². The van der Waals surface area contributed by atoms with E-state index in [4.69, 9.17) is 5.73 Å². The average molecular weight is 202 g/mol. The van der Waals surface area contributed by atoms with E-state index in [0.717, 1.165) is 0 Å². The van der Waals surface area contributed by atoms with Gasteiger partial charge in [-0.15, -0.1) is 0 Å². The van der Waals surface area contributed by atoms with Crippen LogP contribution in [0.4, 0.5) is 0 Å². The van der Waals surface area contributed by atoms with Crippen molar-refractivity contribution in [2.75, 3.05) is 0 Å². The first-order valence-corrected chi connectivity index (χ1v) is 4.56. The number of Topliss-reactive ketones (excluding diaryl/α,β-unsaturated/α-hetero) is 1. The lowest BCUT2D eigenvalue weighted by atomic mass is 10.1. The summed E-state index contributed by atoms with van der Waals surface area (Å²) in [6, 6.07) is 2.78. The van der Waals surface area contributed by atoms with Gasteiger partial charge in [0.2, 0.25) is 0 Å². The Morgan fingerprint density at radius 2 is 2.07 bits per heavy atom. The van der Waals surface area contributed by atoms with Crippen LogP contribution in [0.5, 0.6) is 0 Å². The molecule has 1 atom stereocenters. The van der Waals surface area contributed by atoms with E-state index < -0.39 is 6.04 Å². The third kappa shape index (κ3) is 1.82. The molecule has 2 aromatic rings. The summed E-state index contributed by atoms with van der Waals surface area (Å²) in [7, 11) is 0. The van der Waals surface area contributed by atoms with Gasteiger partial charge >= 0.3 is 0 Å². The number of pyridine rings is 1. The fourth-order valence-corrected chi connectivity index (χ4v) is 1.22. The Bertz CT molecular complexity index is 510. The molecule has 5 heteroatoms. The van der Waals surface area contributed by atoms with Gasteiger partial charge in [0.1, 0.15) is 11.2 Å². The molecule has 0 bridgehead atoms. The van der Waals surface area contributed by atoms with Crippen molar-refractivity contribution in [3.05, 3.63) is 30.2 Å². The third-order valence-corrected chi connectivity index (χ3v) is 2.00. The highest BCUT2D eigenvalue weighted by molar-refractivity contribution is 5.99. The quantitative estimate of drug-likeness (QED) is 0.719. The van der Waals surface area contributed by atoms with E-state index in [2.05, 4.69) is 15.0 Å². The second-order valence-electron chi connectivity index (χ2n) is 3.25. The highest BCUT2D eigenvalue weighted by Gasteiger charge is 2.12. The van der Waals surface area contributed by atoms with E-state index in [1.165, 1.54) is 6.20 Å². The molecule has 0 saturated heterocycles.